The first-order chi connectivity index (χ1) is 12.8. The SMILES string of the molecule is CCNC(=NCc1ccc(CS(C)(=O)=O)cc1)NCc1ccc(Cl)cc1Cl. The van der Waals surface area contributed by atoms with Crippen LogP contribution in [0.25, 0.3) is 0 Å². The van der Waals surface area contributed by atoms with Gasteiger partial charge in [-0.05, 0) is 35.7 Å². The first-order valence-electron chi connectivity index (χ1n) is 8.48. The third-order valence-corrected chi connectivity index (χ3v) is 5.12. The van der Waals surface area contributed by atoms with Crippen LogP contribution in [-0.4, -0.2) is 27.2 Å². The summed E-state index contributed by atoms with van der Waals surface area (Å²) in [6, 6.07) is 12.8. The number of sulfone groups is 1. The molecule has 8 heteroatoms. The molecule has 2 aromatic carbocycles. The minimum absolute atomic E-state index is 0.0442. The Balaban J connectivity index is 2.00. The maximum Gasteiger partial charge on any atom is 0.191 e. The molecule has 0 saturated heterocycles. The standard InChI is InChI=1S/C19H23Cl2N3O2S/c1-3-22-19(24-12-16-8-9-17(20)10-18(16)21)23-11-14-4-6-15(7-5-14)13-27(2,25)26/h4-10H,3,11-13H2,1-2H3,(H2,22,23,24). The highest BCUT2D eigenvalue weighted by atomic mass is 35.5. The number of aliphatic imine (C=N–C) groups is 1. The van der Waals surface area contributed by atoms with Crippen molar-refractivity contribution in [2.24, 2.45) is 4.99 Å². The highest BCUT2D eigenvalue weighted by molar-refractivity contribution is 7.89. The number of nitrogens with one attached hydrogen (secondary N) is 2. The first kappa shape index (κ1) is 21.5. The van der Waals surface area contributed by atoms with E-state index in [4.69, 9.17) is 23.2 Å². The lowest BCUT2D eigenvalue weighted by molar-refractivity contribution is 0.601. The lowest BCUT2D eigenvalue weighted by Gasteiger charge is -2.12. The molecule has 0 aliphatic rings. The highest BCUT2D eigenvalue weighted by Crippen LogP contribution is 2.20. The van der Waals surface area contributed by atoms with E-state index in [0.29, 0.717) is 29.1 Å². The molecule has 0 unspecified atom stereocenters. The van der Waals surface area contributed by atoms with Gasteiger partial charge in [-0.2, -0.15) is 0 Å². The van der Waals surface area contributed by atoms with E-state index in [0.717, 1.165) is 23.2 Å². The van der Waals surface area contributed by atoms with Crippen LogP contribution in [0.15, 0.2) is 47.5 Å². The molecule has 0 aliphatic heterocycles. The quantitative estimate of drug-likeness (QED) is 0.520. The molecule has 0 bridgehead atoms. The van der Waals surface area contributed by atoms with Gasteiger partial charge in [-0.15, -0.1) is 0 Å². The van der Waals surface area contributed by atoms with Gasteiger partial charge in [0, 0.05) is 29.4 Å². The van der Waals surface area contributed by atoms with Crippen LogP contribution in [0.2, 0.25) is 10.0 Å². The smallest absolute Gasteiger partial charge is 0.191 e. The van der Waals surface area contributed by atoms with Gasteiger partial charge in [-0.25, -0.2) is 13.4 Å². The second-order valence-corrected chi connectivity index (χ2v) is 9.15. The lowest BCUT2D eigenvalue weighted by Crippen LogP contribution is -2.36. The average molecular weight is 428 g/mol. The molecular weight excluding hydrogens is 405 g/mol. The van der Waals surface area contributed by atoms with Gasteiger partial charge in [0.25, 0.3) is 0 Å². The maximum absolute atomic E-state index is 11.3. The summed E-state index contributed by atoms with van der Waals surface area (Å²) in [5.41, 5.74) is 2.69. The molecule has 2 rings (SSSR count). The molecule has 0 radical (unpaired) electrons. The number of halogens is 2. The fourth-order valence-corrected chi connectivity index (χ4v) is 3.67. The van der Waals surface area contributed by atoms with Crippen LogP contribution in [0.3, 0.4) is 0 Å². The van der Waals surface area contributed by atoms with Crippen molar-refractivity contribution < 1.29 is 8.42 Å². The van der Waals surface area contributed by atoms with Gasteiger partial charge in [0.15, 0.2) is 15.8 Å². The van der Waals surface area contributed by atoms with E-state index in [1.54, 1.807) is 12.1 Å². The summed E-state index contributed by atoms with van der Waals surface area (Å²) in [4.78, 5) is 4.56. The highest BCUT2D eigenvalue weighted by Gasteiger charge is 2.05. The van der Waals surface area contributed by atoms with Gasteiger partial charge >= 0.3 is 0 Å². The number of hydrogen-bond donors (Lipinski definition) is 2. The van der Waals surface area contributed by atoms with Crippen molar-refractivity contribution in [2.75, 3.05) is 12.8 Å². The van der Waals surface area contributed by atoms with Gasteiger partial charge in [0.05, 0.1) is 12.3 Å². The fourth-order valence-electron chi connectivity index (χ4n) is 2.40. The van der Waals surface area contributed by atoms with Gasteiger partial charge in [-0.1, -0.05) is 53.5 Å². The van der Waals surface area contributed by atoms with Gasteiger partial charge in [0.2, 0.25) is 0 Å². The summed E-state index contributed by atoms with van der Waals surface area (Å²) in [6.45, 7) is 3.72. The maximum atomic E-state index is 11.3. The molecule has 0 amide bonds. The van der Waals surface area contributed by atoms with Crippen LogP contribution < -0.4 is 10.6 Å². The number of benzene rings is 2. The second kappa shape index (κ2) is 9.97. The third kappa shape index (κ3) is 7.79. The molecule has 27 heavy (non-hydrogen) atoms. The molecule has 0 aliphatic carbocycles. The van der Waals surface area contributed by atoms with E-state index in [2.05, 4.69) is 15.6 Å². The van der Waals surface area contributed by atoms with E-state index in [1.807, 2.05) is 37.3 Å². The van der Waals surface area contributed by atoms with E-state index >= 15 is 0 Å². The zero-order valence-corrected chi connectivity index (χ0v) is 17.6. The predicted octanol–water partition coefficient (Wildman–Crippen LogP) is 3.79. The van der Waals surface area contributed by atoms with Crippen LogP contribution in [-0.2, 0) is 28.7 Å². The topological polar surface area (TPSA) is 70.6 Å². The first-order valence-corrected chi connectivity index (χ1v) is 11.3. The summed E-state index contributed by atoms with van der Waals surface area (Å²) < 4.78 is 22.7. The minimum atomic E-state index is -3.03. The molecule has 0 fully saturated rings. The number of guanidine groups is 1. The molecule has 5 nitrogen and oxygen atoms in total. The van der Waals surface area contributed by atoms with Crippen molar-refractivity contribution in [2.45, 2.75) is 25.8 Å². The zero-order valence-electron chi connectivity index (χ0n) is 15.3. The molecule has 0 atom stereocenters. The largest absolute Gasteiger partial charge is 0.357 e. The Morgan fingerprint density at radius 2 is 1.70 bits per heavy atom. The minimum Gasteiger partial charge on any atom is -0.357 e. The summed E-state index contributed by atoms with van der Waals surface area (Å²) in [6.07, 6.45) is 1.23. The Hall–Kier alpha value is -1.76. The lowest BCUT2D eigenvalue weighted by atomic mass is 10.1. The molecular formula is C19H23Cl2N3O2S. The summed E-state index contributed by atoms with van der Waals surface area (Å²) in [5, 5.41) is 7.63. The molecule has 0 spiro atoms. The van der Waals surface area contributed by atoms with Crippen molar-refractivity contribution in [1.82, 2.24) is 10.6 Å². The van der Waals surface area contributed by atoms with E-state index in [9.17, 15) is 8.42 Å². The van der Waals surface area contributed by atoms with Gasteiger partial charge in [0.1, 0.15) is 0 Å². The monoisotopic (exact) mass is 427 g/mol. The van der Waals surface area contributed by atoms with Gasteiger partial charge in [-0.3, -0.25) is 0 Å². The Labute approximate surface area is 170 Å². The number of nitrogens with zero attached hydrogens (tertiary/aromatic N) is 1. The summed E-state index contributed by atoms with van der Waals surface area (Å²) in [5.74, 6) is 0.714. The van der Waals surface area contributed by atoms with Gasteiger partial charge < -0.3 is 10.6 Å². The van der Waals surface area contributed by atoms with E-state index in [1.165, 1.54) is 6.26 Å². The molecule has 0 aromatic heterocycles. The molecule has 2 N–H and O–H groups in total. The normalized spacial score (nSPS) is 12.1. The predicted molar refractivity (Wildman–Crippen MR) is 113 cm³/mol. The van der Waals surface area contributed by atoms with E-state index in [-0.39, 0.29) is 5.75 Å². The Morgan fingerprint density at radius 1 is 1.04 bits per heavy atom. The van der Waals surface area contributed by atoms with Crippen molar-refractivity contribution in [1.29, 1.82) is 0 Å². The zero-order chi connectivity index (χ0) is 19.9. The third-order valence-electron chi connectivity index (χ3n) is 3.68. The summed E-state index contributed by atoms with van der Waals surface area (Å²) in [7, 11) is -3.03. The van der Waals surface area contributed by atoms with Crippen molar-refractivity contribution >= 4 is 39.0 Å². The summed E-state index contributed by atoms with van der Waals surface area (Å²) >= 11 is 12.1. The second-order valence-electron chi connectivity index (χ2n) is 6.17. The molecule has 0 heterocycles. The fraction of sp³-hybridized carbons (Fsp3) is 0.316. The number of hydrogen-bond acceptors (Lipinski definition) is 3. The van der Waals surface area contributed by atoms with Crippen LogP contribution in [0, 0.1) is 0 Å². The average Bonchev–Trinajstić information content (AvgIpc) is 2.58. The van der Waals surface area contributed by atoms with Crippen LogP contribution in [0.4, 0.5) is 0 Å². The number of rotatable bonds is 7. The Bertz CT molecular complexity index is 898. The molecule has 146 valence electrons. The molecule has 0 saturated carbocycles. The van der Waals surface area contributed by atoms with Crippen molar-refractivity contribution in [3.63, 3.8) is 0 Å². The van der Waals surface area contributed by atoms with E-state index < -0.39 is 9.84 Å². The Morgan fingerprint density at radius 3 is 2.30 bits per heavy atom. The van der Waals surface area contributed by atoms with Crippen LogP contribution in [0.1, 0.15) is 23.6 Å². The molecule has 2 aromatic rings. The Kier molecular flexibility index (Phi) is 7.95. The van der Waals surface area contributed by atoms with Crippen molar-refractivity contribution in [3.8, 4) is 0 Å². The van der Waals surface area contributed by atoms with Crippen LogP contribution >= 0.6 is 23.2 Å². The van der Waals surface area contributed by atoms with Crippen LogP contribution in [0.5, 0.6) is 0 Å². The van der Waals surface area contributed by atoms with Crippen molar-refractivity contribution in [3.05, 3.63) is 69.2 Å².